The normalized spacial score (nSPS) is 14.2. The van der Waals surface area contributed by atoms with Gasteiger partial charge in [0.25, 0.3) is 11.8 Å². The van der Waals surface area contributed by atoms with Gasteiger partial charge < -0.3 is 15.0 Å². The van der Waals surface area contributed by atoms with Crippen LogP contribution in [0.1, 0.15) is 33.6 Å². The van der Waals surface area contributed by atoms with Gasteiger partial charge in [-0.25, -0.2) is 4.98 Å². The average Bonchev–Trinajstić information content (AvgIpc) is 3.14. The summed E-state index contributed by atoms with van der Waals surface area (Å²) < 4.78 is 6.99. The summed E-state index contributed by atoms with van der Waals surface area (Å²) in [5, 5.41) is 2.87. The first-order chi connectivity index (χ1) is 13.7. The molecule has 0 bridgehead atoms. The molecule has 3 aromatic rings. The Labute approximate surface area is 162 Å². The van der Waals surface area contributed by atoms with Gasteiger partial charge in [0.2, 0.25) is 5.82 Å². The number of carbonyl (C=O) groups excluding carboxylic acids is 2. The van der Waals surface area contributed by atoms with Crippen LogP contribution in [-0.4, -0.2) is 52.4 Å². The maximum absolute atomic E-state index is 12.9. The Balaban J connectivity index is 1.65. The quantitative estimate of drug-likeness (QED) is 0.757. The fourth-order valence-corrected chi connectivity index (χ4v) is 3.28. The van der Waals surface area contributed by atoms with Crippen molar-refractivity contribution in [3.8, 4) is 0 Å². The molecule has 1 aliphatic heterocycles. The van der Waals surface area contributed by atoms with E-state index in [4.69, 9.17) is 4.74 Å². The zero-order valence-electron chi connectivity index (χ0n) is 15.7. The Morgan fingerprint density at radius 3 is 2.57 bits per heavy atom. The number of nitrogens with one attached hydrogen (secondary N) is 1. The fraction of sp³-hybridized carbons (Fsp3) is 0.286. The number of hydrogen-bond acceptors (Lipinski definition) is 4. The summed E-state index contributed by atoms with van der Waals surface area (Å²) in [6.45, 7) is 4.14. The van der Waals surface area contributed by atoms with Gasteiger partial charge in [-0.1, -0.05) is 25.1 Å². The number of benzene rings is 1. The number of ether oxygens (including phenoxy) is 1. The molecule has 3 heterocycles. The standard InChI is InChI=1S/C21H22N4O3/c1-2-15-6-8-16(9-7-15)22-20(26)18-17-5-3-4-10-25(17)19(23-18)21(27)24-11-13-28-14-12-24/h3-10H,2,11-14H2,1H3,(H,22,26). The van der Waals surface area contributed by atoms with Crippen LogP contribution < -0.4 is 5.32 Å². The van der Waals surface area contributed by atoms with E-state index in [-0.39, 0.29) is 23.3 Å². The van der Waals surface area contributed by atoms with Crippen molar-refractivity contribution >= 4 is 23.0 Å². The van der Waals surface area contributed by atoms with Crippen molar-refractivity contribution < 1.29 is 14.3 Å². The van der Waals surface area contributed by atoms with E-state index in [0.717, 1.165) is 6.42 Å². The van der Waals surface area contributed by atoms with Crippen molar-refractivity contribution in [1.29, 1.82) is 0 Å². The van der Waals surface area contributed by atoms with Gasteiger partial charge in [0.1, 0.15) is 0 Å². The lowest BCUT2D eigenvalue weighted by Gasteiger charge is -2.26. The van der Waals surface area contributed by atoms with Crippen molar-refractivity contribution in [2.75, 3.05) is 31.6 Å². The highest BCUT2D eigenvalue weighted by atomic mass is 16.5. The number of aromatic nitrogens is 2. The minimum Gasteiger partial charge on any atom is -0.378 e. The van der Waals surface area contributed by atoms with Crippen molar-refractivity contribution in [2.24, 2.45) is 0 Å². The number of amides is 2. The SMILES string of the molecule is CCc1ccc(NC(=O)c2nc(C(=O)N3CCOCC3)n3ccccc23)cc1. The lowest BCUT2D eigenvalue weighted by molar-refractivity contribution is 0.0294. The average molecular weight is 378 g/mol. The van der Waals surface area contributed by atoms with Crippen LogP contribution in [-0.2, 0) is 11.2 Å². The number of morpholine rings is 1. The largest absolute Gasteiger partial charge is 0.378 e. The third-order valence-electron chi connectivity index (χ3n) is 4.87. The van der Waals surface area contributed by atoms with Gasteiger partial charge in [0.05, 0.1) is 18.7 Å². The minimum atomic E-state index is -0.339. The summed E-state index contributed by atoms with van der Waals surface area (Å²) in [5.74, 6) is -0.297. The predicted molar refractivity (Wildman–Crippen MR) is 106 cm³/mol. The molecule has 7 heteroatoms. The number of hydrogen-bond donors (Lipinski definition) is 1. The molecule has 28 heavy (non-hydrogen) atoms. The van der Waals surface area contributed by atoms with Gasteiger partial charge in [-0.05, 0) is 36.2 Å². The Morgan fingerprint density at radius 1 is 1.11 bits per heavy atom. The molecule has 144 valence electrons. The molecule has 0 aliphatic carbocycles. The molecule has 2 amide bonds. The number of nitrogens with zero attached hydrogens (tertiary/aromatic N) is 3. The first-order valence-corrected chi connectivity index (χ1v) is 9.41. The molecule has 1 aromatic carbocycles. The first kappa shape index (κ1) is 18.2. The molecule has 1 N–H and O–H groups in total. The Hall–Kier alpha value is -3.19. The second-order valence-electron chi connectivity index (χ2n) is 6.65. The highest BCUT2D eigenvalue weighted by Gasteiger charge is 2.26. The summed E-state index contributed by atoms with van der Waals surface area (Å²) in [6.07, 6.45) is 2.69. The lowest BCUT2D eigenvalue weighted by atomic mass is 10.1. The Kier molecular flexibility index (Phi) is 5.08. The second kappa shape index (κ2) is 7.82. The van der Waals surface area contributed by atoms with Crippen LogP contribution in [0.4, 0.5) is 5.69 Å². The van der Waals surface area contributed by atoms with E-state index >= 15 is 0 Å². The summed E-state index contributed by atoms with van der Waals surface area (Å²) in [6, 6.07) is 13.1. The number of carbonyl (C=O) groups is 2. The smallest absolute Gasteiger partial charge is 0.290 e. The van der Waals surface area contributed by atoms with E-state index in [1.165, 1.54) is 5.56 Å². The molecule has 0 spiro atoms. The molecule has 0 saturated carbocycles. The molecule has 2 aromatic heterocycles. The van der Waals surface area contributed by atoms with Gasteiger partial charge in [-0.3, -0.25) is 14.0 Å². The van der Waals surface area contributed by atoms with Crippen LogP contribution >= 0.6 is 0 Å². The fourth-order valence-electron chi connectivity index (χ4n) is 3.28. The summed E-state index contributed by atoms with van der Waals surface area (Å²) in [7, 11) is 0. The van der Waals surface area contributed by atoms with Crippen molar-refractivity contribution in [1.82, 2.24) is 14.3 Å². The number of imidazole rings is 1. The molecular weight excluding hydrogens is 356 g/mol. The van der Waals surface area contributed by atoms with Gasteiger partial charge >= 0.3 is 0 Å². The van der Waals surface area contributed by atoms with E-state index in [0.29, 0.717) is 37.5 Å². The summed E-state index contributed by atoms with van der Waals surface area (Å²) in [4.78, 5) is 31.9. The summed E-state index contributed by atoms with van der Waals surface area (Å²) >= 11 is 0. The van der Waals surface area contributed by atoms with Crippen LogP contribution in [0.2, 0.25) is 0 Å². The second-order valence-corrected chi connectivity index (χ2v) is 6.65. The maximum atomic E-state index is 12.9. The number of rotatable bonds is 4. The minimum absolute atomic E-state index is 0.198. The van der Waals surface area contributed by atoms with E-state index in [1.807, 2.05) is 36.4 Å². The van der Waals surface area contributed by atoms with Crippen LogP contribution in [0.5, 0.6) is 0 Å². The third kappa shape index (κ3) is 3.48. The van der Waals surface area contributed by atoms with Crippen LogP contribution in [0.15, 0.2) is 48.7 Å². The van der Waals surface area contributed by atoms with Crippen molar-refractivity contribution in [3.63, 3.8) is 0 Å². The zero-order chi connectivity index (χ0) is 19.5. The van der Waals surface area contributed by atoms with E-state index < -0.39 is 0 Å². The molecule has 1 fully saturated rings. The van der Waals surface area contributed by atoms with Crippen LogP contribution in [0.25, 0.3) is 5.52 Å². The summed E-state index contributed by atoms with van der Waals surface area (Å²) in [5.41, 5.74) is 2.72. The third-order valence-corrected chi connectivity index (χ3v) is 4.87. The number of aryl methyl sites for hydroxylation is 1. The maximum Gasteiger partial charge on any atom is 0.290 e. The predicted octanol–water partition coefficient (Wildman–Crippen LogP) is 2.62. The van der Waals surface area contributed by atoms with Crippen molar-refractivity contribution in [3.05, 3.63) is 65.7 Å². The van der Waals surface area contributed by atoms with Crippen LogP contribution in [0.3, 0.4) is 0 Å². The number of anilines is 1. The molecule has 0 unspecified atom stereocenters. The molecular formula is C21H22N4O3. The molecule has 1 aliphatic rings. The topological polar surface area (TPSA) is 75.9 Å². The molecule has 4 rings (SSSR count). The molecule has 0 radical (unpaired) electrons. The monoisotopic (exact) mass is 378 g/mol. The lowest BCUT2D eigenvalue weighted by Crippen LogP contribution is -2.41. The number of fused-ring (bicyclic) bond motifs is 1. The first-order valence-electron chi connectivity index (χ1n) is 9.41. The van der Waals surface area contributed by atoms with Gasteiger partial charge in [-0.15, -0.1) is 0 Å². The number of pyridine rings is 1. The highest BCUT2D eigenvalue weighted by molar-refractivity contribution is 6.08. The zero-order valence-corrected chi connectivity index (χ0v) is 15.7. The van der Waals surface area contributed by atoms with E-state index in [9.17, 15) is 9.59 Å². The highest BCUT2D eigenvalue weighted by Crippen LogP contribution is 2.18. The van der Waals surface area contributed by atoms with Gasteiger partial charge in [-0.2, -0.15) is 0 Å². The molecule has 1 saturated heterocycles. The van der Waals surface area contributed by atoms with Gasteiger partial charge in [0.15, 0.2) is 5.69 Å². The Bertz CT molecular complexity index is 1000. The van der Waals surface area contributed by atoms with Gasteiger partial charge in [0, 0.05) is 25.0 Å². The van der Waals surface area contributed by atoms with E-state index in [1.54, 1.807) is 21.6 Å². The van der Waals surface area contributed by atoms with Crippen molar-refractivity contribution in [2.45, 2.75) is 13.3 Å². The molecule has 0 atom stereocenters. The van der Waals surface area contributed by atoms with E-state index in [2.05, 4.69) is 17.2 Å². The Morgan fingerprint density at radius 2 is 1.86 bits per heavy atom. The van der Waals surface area contributed by atoms with Crippen LogP contribution in [0, 0.1) is 0 Å². The molecule has 7 nitrogen and oxygen atoms in total.